The quantitative estimate of drug-likeness (QED) is 0.584. The number of hydrogen-bond acceptors (Lipinski definition) is 3. The molecular weight excluding hydrogens is 226 g/mol. The number of hydrogen-bond donors (Lipinski definition) is 1. The fraction of sp³-hybridized carbons (Fsp3) is 1.00. The summed E-state index contributed by atoms with van der Waals surface area (Å²) in [6, 6.07) is 0.680. The zero-order chi connectivity index (χ0) is 12.7. The zero-order valence-electron chi connectivity index (χ0n) is 11.9. The van der Waals surface area contributed by atoms with Gasteiger partial charge in [0.05, 0.1) is 13.2 Å². The molecule has 0 aromatic carbocycles. The van der Waals surface area contributed by atoms with Crippen molar-refractivity contribution in [3.05, 3.63) is 0 Å². The number of nitrogens with one attached hydrogen (secondary N) is 1. The molecule has 0 atom stereocenters. The van der Waals surface area contributed by atoms with Gasteiger partial charge in [-0.3, -0.25) is 5.32 Å². The molecule has 106 valence electrons. The maximum Gasteiger partial charge on any atom is 0.119 e. The molecule has 0 bridgehead atoms. The van der Waals surface area contributed by atoms with E-state index in [0.29, 0.717) is 12.6 Å². The largest absolute Gasteiger partial charge is 0.382 e. The van der Waals surface area contributed by atoms with Gasteiger partial charge in [-0.25, -0.2) is 0 Å². The molecule has 2 aliphatic carbocycles. The Kier molecular flexibility index (Phi) is 5.93. The van der Waals surface area contributed by atoms with Crippen LogP contribution in [0.5, 0.6) is 0 Å². The Hall–Kier alpha value is -0.120. The van der Waals surface area contributed by atoms with Gasteiger partial charge < -0.3 is 9.47 Å². The van der Waals surface area contributed by atoms with Crippen molar-refractivity contribution in [3.63, 3.8) is 0 Å². The van der Waals surface area contributed by atoms with E-state index in [-0.39, 0.29) is 5.72 Å². The smallest absolute Gasteiger partial charge is 0.119 e. The first-order valence-electron chi connectivity index (χ1n) is 7.75. The second-order valence-corrected chi connectivity index (χ2v) is 5.88. The number of rotatable bonds is 6. The first-order chi connectivity index (χ1) is 8.85. The maximum atomic E-state index is 6.18. The summed E-state index contributed by atoms with van der Waals surface area (Å²) >= 11 is 0. The van der Waals surface area contributed by atoms with Crippen LogP contribution in [0.3, 0.4) is 0 Å². The second kappa shape index (κ2) is 7.46. The van der Waals surface area contributed by atoms with Gasteiger partial charge in [0, 0.05) is 13.2 Å². The molecule has 0 unspecified atom stereocenters. The fourth-order valence-electron chi connectivity index (χ4n) is 3.39. The van der Waals surface area contributed by atoms with E-state index in [1.54, 1.807) is 7.11 Å². The van der Waals surface area contributed by atoms with Gasteiger partial charge in [0.15, 0.2) is 0 Å². The van der Waals surface area contributed by atoms with Crippen molar-refractivity contribution in [1.82, 2.24) is 5.32 Å². The molecule has 18 heavy (non-hydrogen) atoms. The molecule has 2 saturated carbocycles. The van der Waals surface area contributed by atoms with Crippen LogP contribution in [-0.2, 0) is 9.47 Å². The van der Waals surface area contributed by atoms with Crippen LogP contribution in [0.25, 0.3) is 0 Å². The van der Waals surface area contributed by atoms with Crippen molar-refractivity contribution < 1.29 is 9.47 Å². The Bertz CT molecular complexity index is 221. The monoisotopic (exact) mass is 255 g/mol. The summed E-state index contributed by atoms with van der Waals surface area (Å²) < 4.78 is 11.3. The lowest BCUT2D eigenvalue weighted by molar-refractivity contribution is -0.114. The van der Waals surface area contributed by atoms with E-state index in [1.807, 2.05) is 0 Å². The first kappa shape index (κ1) is 14.3. The van der Waals surface area contributed by atoms with E-state index >= 15 is 0 Å². The maximum absolute atomic E-state index is 6.18. The van der Waals surface area contributed by atoms with Gasteiger partial charge in [-0.05, 0) is 38.5 Å². The molecule has 0 aromatic heterocycles. The molecular formula is C15H29NO2. The van der Waals surface area contributed by atoms with Crippen molar-refractivity contribution in [2.45, 2.75) is 76.0 Å². The van der Waals surface area contributed by atoms with Crippen LogP contribution in [-0.4, -0.2) is 32.1 Å². The molecule has 1 N–H and O–H groups in total. The third-order valence-corrected chi connectivity index (χ3v) is 4.40. The summed E-state index contributed by atoms with van der Waals surface area (Å²) in [4.78, 5) is 0. The predicted molar refractivity (Wildman–Crippen MR) is 73.7 cm³/mol. The van der Waals surface area contributed by atoms with E-state index in [9.17, 15) is 0 Å². The topological polar surface area (TPSA) is 30.5 Å². The SMILES string of the molecule is COCCOC1(NC2CCCCC2)CCCCC1. The van der Waals surface area contributed by atoms with Gasteiger partial charge in [-0.2, -0.15) is 0 Å². The lowest BCUT2D eigenvalue weighted by Crippen LogP contribution is -2.54. The van der Waals surface area contributed by atoms with Gasteiger partial charge in [-0.1, -0.05) is 25.7 Å². The van der Waals surface area contributed by atoms with Crippen molar-refractivity contribution in [3.8, 4) is 0 Å². The van der Waals surface area contributed by atoms with E-state index < -0.39 is 0 Å². The lowest BCUT2D eigenvalue weighted by Gasteiger charge is -2.42. The molecule has 3 heteroatoms. The Labute approximate surface area is 112 Å². The molecule has 0 radical (unpaired) electrons. The highest BCUT2D eigenvalue weighted by Gasteiger charge is 2.34. The normalized spacial score (nSPS) is 25.2. The van der Waals surface area contributed by atoms with Gasteiger partial charge in [0.2, 0.25) is 0 Å². The Morgan fingerprint density at radius 3 is 2.28 bits per heavy atom. The van der Waals surface area contributed by atoms with Crippen LogP contribution >= 0.6 is 0 Å². The van der Waals surface area contributed by atoms with Crippen molar-refractivity contribution in [2.24, 2.45) is 0 Å². The van der Waals surface area contributed by atoms with E-state index in [2.05, 4.69) is 5.32 Å². The molecule has 0 aromatic rings. The van der Waals surface area contributed by atoms with Crippen LogP contribution in [0.2, 0.25) is 0 Å². The van der Waals surface area contributed by atoms with Crippen molar-refractivity contribution in [2.75, 3.05) is 20.3 Å². The summed E-state index contributed by atoms with van der Waals surface area (Å²) in [5.41, 5.74) is -0.0429. The minimum absolute atomic E-state index is 0.0429. The molecule has 2 rings (SSSR count). The van der Waals surface area contributed by atoms with Crippen LogP contribution < -0.4 is 5.32 Å². The summed E-state index contributed by atoms with van der Waals surface area (Å²) in [6.07, 6.45) is 13.1. The second-order valence-electron chi connectivity index (χ2n) is 5.88. The minimum Gasteiger partial charge on any atom is -0.382 e. The van der Waals surface area contributed by atoms with Crippen molar-refractivity contribution >= 4 is 0 Å². The summed E-state index contributed by atoms with van der Waals surface area (Å²) in [6.45, 7) is 1.42. The Morgan fingerprint density at radius 2 is 1.61 bits per heavy atom. The number of ether oxygens (including phenoxy) is 2. The van der Waals surface area contributed by atoms with E-state index in [0.717, 1.165) is 6.61 Å². The van der Waals surface area contributed by atoms with Gasteiger partial charge in [-0.15, -0.1) is 0 Å². The highest BCUT2D eigenvalue weighted by Crippen LogP contribution is 2.31. The molecule has 0 aliphatic heterocycles. The molecule has 0 heterocycles. The van der Waals surface area contributed by atoms with Gasteiger partial charge in [0.1, 0.15) is 5.72 Å². The first-order valence-corrected chi connectivity index (χ1v) is 7.75. The minimum atomic E-state index is -0.0429. The van der Waals surface area contributed by atoms with Crippen LogP contribution in [0, 0.1) is 0 Å². The van der Waals surface area contributed by atoms with Crippen molar-refractivity contribution in [1.29, 1.82) is 0 Å². The van der Waals surface area contributed by atoms with Crippen LogP contribution in [0.1, 0.15) is 64.2 Å². The average molecular weight is 255 g/mol. The third kappa shape index (κ3) is 4.22. The Morgan fingerprint density at radius 1 is 0.944 bits per heavy atom. The molecule has 0 amide bonds. The highest BCUT2D eigenvalue weighted by molar-refractivity contribution is 4.86. The van der Waals surface area contributed by atoms with E-state index in [4.69, 9.17) is 9.47 Å². The molecule has 3 nitrogen and oxygen atoms in total. The van der Waals surface area contributed by atoms with Crippen LogP contribution in [0.4, 0.5) is 0 Å². The zero-order valence-corrected chi connectivity index (χ0v) is 11.9. The predicted octanol–water partition coefficient (Wildman–Crippen LogP) is 3.23. The standard InChI is InChI=1S/C15H29NO2/c1-17-12-13-18-15(10-6-3-7-11-15)16-14-8-4-2-5-9-14/h14,16H,2-13H2,1H3. The van der Waals surface area contributed by atoms with Gasteiger partial charge >= 0.3 is 0 Å². The Balaban J connectivity index is 1.85. The highest BCUT2D eigenvalue weighted by atomic mass is 16.5. The summed E-state index contributed by atoms with van der Waals surface area (Å²) in [5.74, 6) is 0. The molecule has 0 spiro atoms. The molecule has 2 fully saturated rings. The van der Waals surface area contributed by atoms with E-state index in [1.165, 1.54) is 64.2 Å². The average Bonchev–Trinajstić information content (AvgIpc) is 2.41. The third-order valence-electron chi connectivity index (χ3n) is 4.40. The number of methoxy groups -OCH3 is 1. The fourth-order valence-corrected chi connectivity index (χ4v) is 3.39. The summed E-state index contributed by atoms with van der Waals surface area (Å²) in [7, 11) is 1.74. The molecule has 0 saturated heterocycles. The molecule has 2 aliphatic rings. The lowest BCUT2D eigenvalue weighted by atomic mass is 9.88. The van der Waals surface area contributed by atoms with Gasteiger partial charge in [0.25, 0.3) is 0 Å². The van der Waals surface area contributed by atoms with Crippen LogP contribution in [0.15, 0.2) is 0 Å². The summed E-state index contributed by atoms with van der Waals surface area (Å²) in [5, 5.41) is 3.85.